The van der Waals surface area contributed by atoms with E-state index in [1.165, 1.54) is 0 Å². The number of imidazole rings is 1. The molecule has 0 saturated carbocycles. The first-order valence-electron chi connectivity index (χ1n) is 7.14. The highest BCUT2D eigenvalue weighted by atomic mass is 16.3. The maximum absolute atomic E-state index is 12.1. The Hall–Kier alpha value is -2.14. The molecule has 0 spiro atoms. The molecule has 2 N–H and O–H groups in total. The lowest BCUT2D eigenvalue weighted by molar-refractivity contribution is -0.121. The average molecular weight is 287 g/mol. The fourth-order valence-electron chi connectivity index (χ4n) is 2.23. The largest absolute Gasteiger partial charge is 0.396 e. The van der Waals surface area contributed by atoms with Crippen LogP contribution in [0.1, 0.15) is 36.7 Å². The molecule has 1 aromatic heterocycles. The maximum atomic E-state index is 12.1. The normalized spacial score (nSPS) is 12.1. The number of hydrogen-bond acceptors (Lipinski definition) is 3. The quantitative estimate of drug-likeness (QED) is 0.763. The summed E-state index contributed by atoms with van der Waals surface area (Å²) in [5.74, 6) is 0.775. The second-order valence-corrected chi connectivity index (χ2v) is 4.99. The summed E-state index contributed by atoms with van der Waals surface area (Å²) in [7, 11) is 1.91. The highest BCUT2D eigenvalue weighted by Gasteiger charge is 2.20. The number of nitrogens with one attached hydrogen (secondary N) is 1. The summed E-state index contributed by atoms with van der Waals surface area (Å²) in [6.07, 6.45) is 5.33. The molecule has 112 valence electrons. The van der Waals surface area contributed by atoms with Crippen LogP contribution in [0.15, 0.2) is 42.7 Å². The number of carbonyl (C=O) groups is 1. The fourth-order valence-corrected chi connectivity index (χ4v) is 2.23. The number of benzene rings is 1. The van der Waals surface area contributed by atoms with Gasteiger partial charge in [-0.05, 0) is 18.4 Å². The van der Waals surface area contributed by atoms with Gasteiger partial charge in [0.1, 0.15) is 11.9 Å². The van der Waals surface area contributed by atoms with Crippen LogP contribution in [0.5, 0.6) is 0 Å². The number of aryl methyl sites for hydroxylation is 1. The Balaban J connectivity index is 2.14. The maximum Gasteiger partial charge on any atom is 0.220 e. The number of hydrogen-bond donors (Lipinski definition) is 2. The van der Waals surface area contributed by atoms with E-state index in [0.717, 1.165) is 11.4 Å². The van der Waals surface area contributed by atoms with Crippen molar-refractivity contribution in [1.29, 1.82) is 0 Å². The Morgan fingerprint density at radius 1 is 1.33 bits per heavy atom. The van der Waals surface area contributed by atoms with Crippen LogP contribution in [-0.2, 0) is 11.8 Å². The molecule has 21 heavy (non-hydrogen) atoms. The Kier molecular flexibility index (Phi) is 5.51. The van der Waals surface area contributed by atoms with Crippen molar-refractivity contribution < 1.29 is 9.90 Å². The van der Waals surface area contributed by atoms with Gasteiger partial charge in [-0.1, -0.05) is 30.3 Å². The first kappa shape index (κ1) is 15.3. The molecule has 5 nitrogen and oxygen atoms in total. The monoisotopic (exact) mass is 287 g/mol. The average Bonchev–Trinajstić information content (AvgIpc) is 2.92. The second kappa shape index (κ2) is 7.59. The Bertz CT molecular complexity index is 566. The molecule has 2 aromatic rings. The lowest BCUT2D eigenvalue weighted by atomic mass is 10.1. The first-order valence-corrected chi connectivity index (χ1v) is 7.14. The van der Waals surface area contributed by atoms with E-state index in [1.807, 2.05) is 48.1 Å². The minimum absolute atomic E-state index is 0.0275. The molecule has 1 amide bonds. The molecular formula is C16H21N3O2. The first-order chi connectivity index (χ1) is 10.2. The minimum atomic E-state index is -0.257. The third-order valence-electron chi connectivity index (χ3n) is 3.37. The Morgan fingerprint density at radius 3 is 2.71 bits per heavy atom. The molecule has 1 atom stereocenters. The van der Waals surface area contributed by atoms with Crippen molar-refractivity contribution in [3.05, 3.63) is 54.1 Å². The number of nitrogens with zero attached hydrogens (tertiary/aromatic N) is 2. The fraction of sp³-hybridized carbons (Fsp3) is 0.375. The molecule has 2 rings (SSSR count). The van der Waals surface area contributed by atoms with Crippen molar-refractivity contribution in [3.63, 3.8) is 0 Å². The smallest absolute Gasteiger partial charge is 0.220 e. The molecule has 1 aromatic carbocycles. The van der Waals surface area contributed by atoms with Crippen molar-refractivity contribution in [2.24, 2.45) is 7.05 Å². The van der Waals surface area contributed by atoms with Gasteiger partial charge in [0.2, 0.25) is 5.91 Å². The van der Waals surface area contributed by atoms with Gasteiger partial charge in [0, 0.05) is 32.5 Å². The van der Waals surface area contributed by atoms with Crippen molar-refractivity contribution in [2.75, 3.05) is 6.61 Å². The van der Waals surface area contributed by atoms with Crippen LogP contribution in [0.2, 0.25) is 0 Å². The van der Waals surface area contributed by atoms with Crippen LogP contribution in [0.25, 0.3) is 0 Å². The van der Waals surface area contributed by atoms with Gasteiger partial charge in [-0.25, -0.2) is 4.98 Å². The summed E-state index contributed by atoms with van der Waals surface area (Å²) >= 11 is 0. The zero-order chi connectivity index (χ0) is 15.1. The number of aliphatic hydroxyl groups excluding tert-OH is 1. The van der Waals surface area contributed by atoms with E-state index in [9.17, 15) is 4.79 Å². The summed E-state index contributed by atoms with van der Waals surface area (Å²) in [6.45, 7) is 0.120. The number of unbranched alkanes of at least 4 members (excludes halogenated alkanes) is 1. The van der Waals surface area contributed by atoms with Gasteiger partial charge in [-0.2, -0.15) is 0 Å². The predicted molar refractivity (Wildman–Crippen MR) is 80.6 cm³/mol. The number of aliphatic hydroxyl groups is 1. The van der Waals surface area contributed by atoms with Crippen LogP contribution in [0.3, 0.4) is 0 Å². The topological polar surface area (TPSA) is 67.2 Å². The van der Waals surface area contributed by atoms with E-state index in [-0.39, 0.29) is 18.6 Å². The van der Waals surface area contributed by atoms with Crippen molar-refractivity contribution in [3.8, 4) is 0 Å². The highest BCUT2D eigenvalue weighted by molar-refractivity contribution is 5.76. The Morgan fingerprint density at radius 2 is 2.10 bits per heavy atom. The molecule has 0 saturated heterocycles. The Labute approximate surface area is 124 Å². The van der Waals surface area contributed by atoms with Gasteiger partial charge in [0.05, 0.1) is 0 Å². The molecule has 1 heterocycles. The highest BCUT2D eigenvalue weighted by Crippen LogP contribution is 2.20. The van der Waals surface area contributed by atoms with Gasteiger partial charge >= 0.3 is 0 Å². The van der Waals surface area contributed by atoms with Crippen LogP contribution in [0.4, 0.5) is 0 Å². The van der Waals surface area contributed by atoms with E-state index in [0.29, 0.717) is 19.3 Å². The van der Waals surface area contributed by atoms with Gasteiger partial charge in [0.25, 0.3) is 0 Å². The summed E-state index contributed by atoms with van der Waals surface area (Å²) in [6, 6.07) is 9.54. The van der Waals surface area contributed by atoms with Crippen molar-refractivity contribution in [2.45, 2.75) is 25.3 Å². The third kappa shape index (κ3) is 4.16. The molecule has 0 aliphatic rings. The van der Waals surface area contributed by atoms with Crippen LogP contribution in [0, 0.1) is 0 Å². The number of aromatic nitrogens is 2. The van der Waals surface area contributed by atoms with E-state index < -0.39 is 0 Å². The van der Waals surface area contributed by atoms with Crippen LogP contribution >= 0.6 is 0 Å². The van der Waals surface area contributed by atoms with Gasteiger partial charge < -0.3 is 15.0 Å². The standard InChI is InChI=1S/C16H21N3O2/c1-19-11-10-17-16(19)15(13-7-3-2-4-8-13)18-14(21)9-5-6-12-20/h2-4,7-8,10-11,15,20H,5-6,9,12H2,1H3,(H,18,21). The summed E-state index contributed by atoms with van der Waals surface area (Å²) in [5.41, 5.74) is 1.00. The molecule has 5 heteroatoms. The lowest BCUT2D eigenvalue weighted by Gasteiger charge is -2.19. The number of amides is 1. The van der Waals surface area contributed by atoms with E-state index in [1.54, 1.807) is 6.20 Å². The van der Waals surface area contributed by atoms with Crippen LogP contribution < -0.4 is 5.32 Å². The second-order valence-electron chi connectivity index (χ2n) is 4.99. The predicted octanol–water partition coefficient (Wildman–Crippen LogP) is 1.79. The molecule has 0 radical (unpaired) electrons. The van der Waals surface area contributed by atoms with Gasteiger partial charge in [-0.3, -0.25) is 4.79 Å². The molecule has 0 aliphatic carbocycles. The third-order valence-corrected chi connectivity index (χ3v) is 3.37. The van der Waals surface area contributed by atoms with E-state index in [4.69, 9.17) is 5.11 Å². The van der Waals surface area contributed by atoms with Crippen molar-refractivity contribution in [1.82, 2.24) is 14.9 Å². The number of rotatable bonds is 7. The van der Waals surface area contributed by atoms with Gasteiger partial charge in [-0.15, -0.1) is 0 Å². The van der Waals surface area contributed by atoms with E-state index in [2.05, 4.69) is 10.3 Å². The minimum Gasteiger partial charge on any atom is -0.396 e. The molecule has 0 fully saturated rings. The zero-order valence-electron chi connectivity index (χ0n) is 12.2. The molecular weight excluding hydrogens is 266 g/mol. The van der Waals surface area contributed by atoms with Crippen LogP contribution in [-0.4, -0.2) is 27.2 Å². The molecule has 0 bridgehead atoms. The summed E-state index contributed by atoms with van der Waals surface area (Å²) in [4.78, 5) is 16.4. The SMILES string of the molecule is Cn1ccnc1C(NC(=O)CCCCO)c1ccccc1. The van der Waals surface area contributed by atoms with E-state index >= 15 is 0 Å². The summed E-state index contributed by atoms with van der Waals surface area (Å²) < 4.78 is 1.91. The molecule has 0 aliphatic heterocycles. The van der Waals surface area contributed by atoms with Crippen molar-refractivity contribution >= 4 is 5.91 Å². The van der Waals surface area contributed by atoms with Gasteiger partial charge in [0.15, 0.2) is 0 Å². The zero-order valence-corrected chi connectivity index (χ0v) is 12.2. The number of carbonyl (C=O) groups excluding carboxylic acids is 1. The lowest BCUT2D eigenvalue weighted by Crippen LogP contribution is -2.30. The summed E-state index contributed by atoms with van der Waals surface area (Å²) in [5, 5.41) is 11.8. The molecule has 1 unspecified atom stereocenters.